The zero-order valence-corrected chi connectivity index (χ0v) is 10.0. The van der Waals surface area contributed by atoms with Gasteiger partial charge in [-0.2, -0.15) is 0 Å². The molecule has 0 nitrogen and oxygen atoms in total. The first-order chi connectivity index (χ1) is 7.16. The Morgan fingerprint density at radius 1 is 1.13 bits per heavy atom. The van der Waals surface area contributed by atoms with Crippen molar-refractivity contribution in [3.63, 3.8) is 0 Å². The summed E-state index contributed by atoms with van der Waals surface area (Å²) in [6.45, 7) is 6.72. The Labute approximate surface area is 93.0 Å². The highest BCUT2D eigenvalue weighted by molar-refractivity contribution is 5.67. The van der Waals surface area contributed by atoms with Crippen LogP contribution in [0.5, 0.6) is 0 Å². The lowest BCUT2D eigenvalue weighted by Gasteiger charge is -2.19. The summed E-state index contributed by atoms with van der Waals surface area (Å²) in [4.78, 5) is 0. The molecule has 0 amide bonds. The lowest BCUT2D eigenvalue weighted by atomic mass is 9.87. The Kier molecular flexibility index (Phi) is 2.95. The molecule has 0 heteroatoms. The van der Waals surface area contributed by atoms with Crippen LogP contribution in [-0.2, 0) is 0 Å². The summed E-state index contributed by atoms with van der Waals surface area (Å²) in [6, 6.07) is 6.84. The average Bonchev–Trinajstić information content (AvgIpc) is 2.23. The maximum Gasteiger partial charge on any atom is -0.0225 e. The van der Waals surface area contributed by atoms with E-state index >= 15 is 0 Å². The van der Waals surface area contributed by atoms with E-state index in [1.807, 2.05) is 0 Å². The van der Waals surface area contributed by atoms with E-state index in [0.717, 1.165) is 5.92 Å². The zero-order chi connectivity index (χ0) is 10.8. The fourth-order valence-corrected chi connectivity index (χ4v) is 2.17. The molecule has 1 aliphatic rings. The molecule has 0 spiro atoms. The van der Waals surface area contributed by atoms with Crippen LogP contribution in [0.4, 0.5) is 0 Å². The molecule has 0 radical (unpaired) electrons. The summed E-state index contributed by atoms with van der Waals surface area (Å²) in [5.74, 6) is 0.875. The van der Waals surface area contributed by atoms with E-state index in [1.54, 1.807) is 5.57 Å². The minimum absolute atomic E-state index is 0.875. The number of hydrogen-bond acceptors (Lipinski definition) is 0. The van der Waals surface area contributed by atoms with Gasteiger partial charge in [-0.05, 0) is 61.3 Å². The fourth-order valence-electron chi connectivity index (χ4n) is 2.17. The summed E-state index contributed by atoms with van der Waals surface area (Å²) in [5, 5.41) is 0. The minimum Gasteiger partial charge on any atom is -0.0805 e. The number of aryl methyl sites for hydroxylation is 2. The van der Waals surface area contributed by atoms with Crippen LogP contribution in [0.1, 0.15) is 42.9 Å². The van der Waals surface area contributed by atoms with Gasteiger partial charge in [-0.15, -0.1) is 0 Å². The topological polar surface area (TPSA) is 0 Å². The van der Waals surface area contributed by atoms with Crippen LogP contribution in [0.2, 0.25) is 0 Å². The van der Waals surface area contributed by atoms with Gasteiger partial charge in [-0.3, -0.25) is 0 Å². The molecule has 2 rings (SSSR count). The van der Waals surface area contributed by atoms with Gasteiger partial charge < -0.3 is 0 Å². The summed E-state index contributed by atoms with van der Waals surface area (Å²) in [6.07, 6.45) is 6.28. The Morgan fingerprint density at radius 3 is 2.53 bits per heavy atom. The number of hydrogen-bond donors (Lipinski definition) is 0. The standard InChI is InChI=1S/C15H20/c1-11-4-7-14(8-5-11)15-9-6-12(2)13(3)10-15/h6-7,9-11H,4-5,8H2,1-3H3. The van der Waals surface area contributed by atoms with Gasteiger partial charge in [0.1, 0.15) is 0 Å². The van der Waals surface area contributed by atoms with E-state index < -0.39 is 0 Å². The largest absolute Gasteiger partial charge is 0.0805 e. The monoisotopic (exact) mass is 200 g/mol. The first kappa shape index (κ1) is 10.5. The van der Waals surface area contributed by atoms with E-state index in [9.17, 15) is 0 Å². The van der Waals surface area contributed by atoms with E-state index in [4.69, 9.17) is 0 Å². The van der Waals surface area contributed by atoms with Gasteiger partial charge in [-0.1, -0.05) is 31.2 Å². The predicted octanol–water partition coefficient (Wildman–Crippen LogP) is 4.51. The van der Waals surface area contributed by atoms with Gasteiger partial charge in [0.15, 0.2) is 0 Å². The second kappa shape index (κ2) is 4.22. The molecule has 0 aromatic heterocycles. The Bertz CT molecular complexity index is 385. The molecule has 0 saturated carbocycles. The Balaban J connectivity index is 2.26. The van der Waals surface area contributed by atoms with Crippen molar-refractivity contribution in [1.29, 1.82) is 0 Å². The minimum atomic E-state index is 0.875. The van der Waals surface area contributed by atoms with Gasteiger partial charge in [0, 0.05) is 0 Å². The molecule has 0 bridgehead atoms. The summed E-state index contributed by atoms with van der Waals surface area (Å²) in [5.41, 5.74) is 5.79. The van der Waals surface area contributed by atoms with E-state index in [2.05, 4.69) is 45.0 Å². The molecule has 0 N–H and O–H groups in total. The van der Waals surface area contributed by atoms with Crippen molar-refractivity contribution in [2.24, 2.45) is 5.92 Å². The van der Waals surface area contributed by atoms with Crippen LogP contribution in [0.25, 0.3) is 5.57 Å². The molecule has 1 atom stereocenters. The third kappa shape index (κ3) is 2.31. The van der Waals surface area contributed by atoms with E-state index in [0.29, 0.717) is 0 Å². The quantitative estimate of drug-likeness (QED) is 0.626. The van der Waals surface area contributed by atoms with Gasteiger partial charge in [0.25, 0.3) is 0 Å². The van der Waals surface area contributed by atoms with Crippen molar-refractivity contribution in [2.45, 2.75) is 40.0 Å². The molecule has 1 unspecified atom stereocenters. The van der Waals surface area contributed by atoms with Crippen LogP contribution in [0, 0.1) is 19.8 Å². The molecule has 0 aliphatic heterocycles. The second-order valence-electron chi connectivity index (χ2n) is 4.91. The van der Waals surface area contributed by atoms with E-state index in [-0.39, 0.29) is 0 Å². The molecule has 1 aromatic carbocycles. The number of allylic oxidation sites excluding steroid dienone is 2. The van der Waals surface area contributed by atoms with Crippen molar-refractivity contribution < 1.29 is 0 Å². The third-order valence-corrected chi connectivity index (χ3v) is 3.55. The summed E-state index contributed by atoms with van der Waals surface area (Å²) < 4.78 is 0. The smallest absolute Gasteiger partial charge is 0.0225 e. The highest BCUT2D eigenvalue weighted by atomic mass is 14.2. The maximum atomic E-state index is 2.43. The van der Waals surface area contributed by atoms with Gasteiger partial charge in [0.05, 0.1) is 0 Å². The zero-order valence-electron chi connectivity index (χ0n) is 10.0. The molecule has 0 saturated heterocycles. The molecule has 80 valence electrons. The van der Waals surface area contributed by atoms with Crippen LogP contribution < -0.4 is 0 Å². The number of rotatable bonds is 1. The van der Waals surface area contributed by atoms with Crippen molar-refractivity contribution in [3.8, 4) is 0 Å². The van der Waals surface area contributed by atoms with Gasteiger partial charge >= 0.3 is 0 Å². The lowest BCUT2D eigenvalue weighted by Crippen LogP contribution is -2.01. The average molecular weight is 200 g/mol. The Morgan fingerprint density at radius 2 is 1.93 bits per heavy atom. The molecule has 15 heavy (non-hydrogen) atoms. The van der Waals surface area contributed by atoms with Crippen molar-refractivity contribution >= 4 is 5.57 Å². The molecule has 0 heterocycles. The van der Waals surface area contributed by atoms with Crippen LogP contribution in [-0.4, -0.2) is 0 Å². The van der Waals surface area contributed by atoms with Gasteiger partial charge in [-0.25, -0.2) is 0 Å². The molecular formula is C15H20. The fraction of sp³-hybridized carbons (Fsp3) is 0.467. The second-order valence-corrected chi connectivity index (χ2v) is 4.91. The molecule has 1 aliphatic carbocycles. The van der Waals surface area contributed by atoms with E-state index in [1.165, 1.54) is 36.0 Å². The van der Waals surface area contributed by atoms with Crippen LogP contribution in [0.3, 0.4) is 0 Å². The highest BCUT2D eigenvalue weighted by Crippen LogP contribution is 2.30. The summed E-state index contributed by atoms with van der Waals surface area (Å²) >= 11 is 0. The maximum absolute atomic E-state index is 2.43. The van der Waals surface area contributed by atoms with Crippen molar-refractivity contribution in [1.82, 2.24) is 0 Å². The summed E-state index contributed by atoms with van der Waals surface area (Å²) in [7, 11) is 0. The lowest BCUT2D eigenvalue weighted by molar-refractivity contribution is 0.534. The number of benzene rings is 1. The van der Waals surface area contributed by atoms with Crippen LogP contribution >= 0.6 is 0 Å². The predicted molar refractivity (Wildman–Crippen MR) is 66.9 cm³/mol. The SMILES string of the molecule is Cc1ccc(C2=CCC(C)CC2)cc1C. The first-order valence-electron chi connectivity index (χ1n) is 5.93. The Hall–Kier alpha value is -1.04. The third-order valence-electron chi connectivity index (χ3n) is 3.55. The normalized spacial score (nSPS) is 21.3. The first-order valence-corrected chi connectivity index (χ1v) is 5.93. The molecule has 1 aromatic rings. The molecular weight excluding hydrogens is 180 g/mol. The molecule has 0 fully saturated rings. The van der Waals surface area contributed by atoms with Gasteiger partial charge in [0.2, 0.25) is 0 Å². The van der Waals surface area contributed by atoms with Crippen LogP contribution in [0.15, 0.2) is 24.3 Å². The van der Waals surface area contributed by atoms with Crippen molar-refractivity contribution in [3.05, 3.63) is 41.0 Å². The highest BCUT2D eigenvalue weighted by Gasteiger charge is 2.11. The van der Waals surface area contributed by atoms with Crippen molar-refractivity contribution in [2.75, 3.05) is 0 Å².